The number of nitrogens with zero attached hydrogens (tertiary/aromatic N) is 5. The zero-order valence-electron chi connectivity index (χ0n) is 17.2. The number of fused-ring (bicyclic) bond motifs is 1. The van der Waals surface area contributed by atoms with Gasteiger partial charge in [0.15, 0.2) is 10.8 Å². The molecule has 1 fully saturated rings. The number of aryl methyl sites for hydroxylation is 3. The number of carbonyl (C=O) groups is 1. The van der Waals surface area contributed by atoms with Gasteiger partial charge in [-0.2, -0.15) is 5.10 Å². The number of morpholine rings is 1. The van der Waals surface area contributed by atoms with Crippen molar-refractivity contribution in [2.24, 2.45) is 0 Å². The Bertz CT molecular complexity index is 1010. The van der Waals surface area contributed by atoms with E-state index < -0.39 is 0 Å². The molecule has 0 unspecified atom stereocenters. The maximum absolute atomic E-state index is 13.3. The van der Waals surface area contributed by atoms with E-state index in [2.05, 4.69) is 36.0 Å². The van der Waals surface area contributed by atoms with Gasteiger partial charge in [0.25, 0.3) is 5.91 Å². The number of amides is 1. The van der Waals surface area contributed by atoms with E-state index in [9.17, 15) is 4.79 Å². The average Bonchev–Trinajstić information content (AvgIpc) is 3.39. The van der Waals surface area contributed by atoms with Crippen LogP contribution in [0.15, 0.2) is 24.4 Å². The number of hydrogen-bond donors (Lipinski definition) is 0. The number of benzene rings is 1. The first-order valence-corrected chi connectivity index (χ1v) is 10.9. The highest BCUT2D eigenvalue weighted by Gasteiger charge is 2.25. The molecule has 0 N–H and O–H groups in total. The Morgan fingerprint density at radius 3 is 2.76 bits per heavy atom. The molecule has 0 radical (unpaired) electrons. The number of hydrogen-bond acceptors (Lipinski definition) is 6. The van der Waals surface area contributed by atoms with Crippen LogP contribution in [0.4, 0.5) is 5.13 Å². The fourth-order valence-corrected chi connectivity index (χ4v) is 4.52. The van der Waals surface area contributed by atoms with Gasteiger partial charge in [0.1, 0.15) is 0 Å². The molecule has 3 aromatic rings. The maximum Gasteiger partial charge on any atom is 0.280 e. The standard InChI is InChI=1S/C21H27N5O2S/c1-4-25-8-7-17(23-25)20(27)26(10-9-24-11-13-28-14-12-24)21-22-19-16(3)15(2)5-6-18(19)29-21/h5-8H,4,9-14H2,1-3H3. The molecule has 154 valence electrons. The van der Waals surface area contributed by atoms with Gasteiger partial charge in [-0.1, -0.05) is 17.4 Å². The van der Waals surface area contributed by atoms with Crippen molar-refractivity contribution in [1.29, 1.82) is 0 Å². The zero-order chi connectivity index (χ0) is 20.4. The van der Waals surface area contributed by atoms with Gasteiger partial charge in [-0.05, 0) is 44.0 Å². The molecule has 1 amide bonds. The van der Waals surface area contributed by atoms with E-state index >= 15 is 0 Å². The Morgan fingerprint density at radius 1 is 1.24 bits per heavy atom. The molecule has 0 atom stereocenters. The molecule has 1 aliphatic rings. The van der Waals surface area contributed by atoms with E-state index in [0.29, 0.717) is 12.2 Å². The lowest BCUT2D eigenvalue weighted by atomic mass is 10.1. The third-order valence-electron chi connectivity index (χ3n) is 5.48. The Kier molecular flexibility index (Phi) is 5.94. The van der Waals surface area contributed by atoms with E-state index in [1.807, 2.05) is 13.1 Å². The van der Waals surface area contributed by atoms with Crippen molar-refractivity contribution in [3.8, 4) is 0 Å². The first-order chi connectivity index (χ1) is 14.1. The summed E-state index contributed by atoms with van der Waals surface area (Å²) < 4.78 is 8.32. The van der Waals surface area contributed by atoms with Gasteiger partial charge in [0.2, 0.25) is 0 Å². The quantitative estimate of drug-likeness (QED) is 0.621. The normalized spacial score (nSPS) is 15.1. The Balaban J connectivity index is 1.65. The van der Waals surface area contributed by atoms with Gasteiger partial charge in [0.05, 0.1) is 23.4 Å². The SMILES string of the molecule is CCn1ccc(C(=O)N(CCN2CCOCC2)c2nc3c(C)c(C)ccc3s2)n1. The summed E-state index contributed by atoms with van der Waals surface area (Å²) in [5, 5.41) is 5.16. The van der Waals surface area contributed by atoms with Crippen molar-refractivity contribution >= 4 is 32.6 Å². The van der Waals surface area contributed by atoms with Crippen molar-refractivity contribution in [2.75, 3.05) is 44.3 Å². The number of anilines is 1. The minimum atomic E-state index is -0.0982. The molecule has 2 aromatic heterocycles. The number of rotatable bonds is 6. The topological polar surface area (TPSA) is 63.5 Å². The highest BCUT2D eigenvalue weighted by molar-refractivity contribution is 7.22. The van der Waals surface area contributed by atoms with Crippen LogP contribution in [0.25, 0.3) is 10.2 Å². The molecule has 29 heavy (non-hydrogen) atoms. The second-order valence-electron chi connectivity index (χ2n) is 7.32. The summed E-state index contributed by atoms with van der Waals surface area (Å²) in [6, 6.07) is 5.99. The summed E-state index contributed by atoms with van der Waals surface area (Å²) >= 11 is 1.57. The van der Waals surface area contributed by atoms with Crippen molar-refractivity contribution in [3.05, 3.63) is 41.2 Å². The van der Waals surface area contributed by atoms with Crippen molar-refractivity contribution in [2.45, 2.75) is 27.3 Å². The molecule has 8 heteroatoms. The van der Waals surface area contributed by atoms with Crippen molar-refractivity contribution in [3.63, 3.8) is 0 Å². The summed E-state index contributed by atoms with van der Waals surface area (Å²) in [6.07, 6.45) is 1.85. The number of ether oxygens (including phenoxy) is 1. The van der Waals surface area contributed by atoms with Crippen LogP contribution < -0.4 is 4.90 Å². The second-order valence-corrected chi connectivity index (χ2v) is 8.33. The van der Waals surface area contributed by atoms with Crippen LogP contribution in [0.5, 0.6) is 0 Å². The minimum Gasteiger partial charge on any atom is -0.379 e. The van der Waals surface area contributed by atoms with E-state index in [0.717, 1.165) is 54.7 Å². The van der Waals surface area contributed by atoms with Crippen LogP contribution in [0.2, 0.25) is 0 Å². The smallest absolute Gasteiger partial charge is 0.280 e. The molecule has 7 nitrogen and oxygen atoms in total. The van der Waals surface area contributed by atoms with E-state index in [1.54, 1.807) is 27.0 Å². The summed E-state index contributed by atoms with van der Waals surface area (Å²) in [5.41, 5.74) is 3.82. The van der Waals surface area contributed by atoms with Gasteiger partial charge in [-0.15, -0.1) is 0 Å². The minimum absolute atomic E-state index is 0.0982. The Morgan fingerprint density at radius 2 is 2.03 bits per heavy atom. The predicted molar refractivity (Wildman–Crippen MR) is 116 cm³/mol. The second kappa shape index (κ2) is 8.61. The lowest BCUT2D eigenvalue weighted by molar-refractivity contribution is 0.0391. The van der Waals surface area contributed by atoms with Gasteiger partial charge in [-0.3, -0.25) is 19.3 Å². The van der Waals surface area contributed by atoms with Crippen molar-refractivity contribution < 1.29 is 9.53 Å². The van der Waals surface area contributed by atoms with E-state index in [1.165, 1.54) is 11.1 Å². The third kappa shape index (κ3) is 4.19. The molecular formula is C21H27N5O2S. The van der Waals surface area contributed by atoms with E-state index in [4.69, 9.17) is 9.72 Å². The molecule has 0 saturated carbocycles. The summed E-state index contributed by atoms with van der Waals surface area (Å²) in [7, 11) is 0. The largest absolute Gasteiger partial charge is 0.379 e. The molecular weight excluding hydrogens is 386 g/mol. The van der Waals surface area contributed by atoms with Crippen molar-refractivity contribution in [1.82, 2.24) is 19.7 Å². The van der Waals surface area contributed by atoms with Crippen LogP contribution in [0.3, 0.4) is 0 Å². The molecule has 1 saturated heterocycles. The molecule has 0 spiro atoms. The molecule has 0 aliphatic carbocycles. The highest BCUT2D eigenvalue weighted by atomic mass is 32.1. The maximum atomic E-state index is 13.3. The summed E-state index contributed by atoms with van der Waals surface area (Å²) in [5.74, 6) is -0.0982. The fraction of sp³-hybridized carbons (Fsp3) is 0.476. The van der Waals surface area contributed by atoms with Crippen LogP contribution in [-0.2, 0) is 11.3 Å². The van der Waals surface area contributed by atoms with E-state index in [-0.39, 0.29) is 5.91 Å². The van der Waals surface area contributed by atoms with Crippen LogP contribution in [0.1, 0.15) is 28.5 Å². The number of carbonyl (C=O) groups excluding carboxylic acids is 1. The first kappa shape index (κ1) is 20.0. The van der Waals surface area contributed by atoms with Gasteiger partial charge >= 0.3 is 0 Å². The monoisotopic (exact) mass is 413 g/mol. The predicted octanol–water partition coefficient (Wildman–Crippen LogP) is 3.11. The third-order valence-corrected chi connectivity index (χ3v) is 6.52. The van der Waals surface area contributed by atoms with Crippen LogP contribution in [0, 0.1) is 13.8 Å². The molecule has 1 aromatic carbocycles. The summed E-state index contributed by atoms with van der Waals surface area (Å²) in [4.78, 5) is 22.3. The van der Waals surface area contributed by atoms with Crippen LogP contribution >= 0.6 is 11.3 Å². The first-order valence-electron chi connectivity index (χ1n) is 10.1. The highest BCUT2D eigenvalue weighted by Crippen LogP contribution is 2.32. The number of thiazole rings is 1. The molecule has 4 rings (SSSR count). The molecule has 3 heterocycles. The van der Waals surface area contributed by atoms with Gasteiger partial charge in [0, 0.05) is 38.9 Å². The van der Waals surface area contributed by atoms with Gasteiger partial charge in [-0.25, -0.2) is 4.98 Å². The fourth-order valence-electron chi connectivity index (χ4n) is 3.47. The Labute approximate surface area is 174 Å². The molecule has 0 bridgehead atoms. The van der Waals surface area contributed by atoms with Crippen LogP contribution in [-0.4, -0.2) is 65.0 Å². The lowest BCUT2D eigenvalue weighted by Gasteiger charge is -2.29. The lowest BCUT2D eigenvalue weighted by Crippen LogP contribution is -2.43. The van der Waals surface area contributed by atoms with Gasteiger partial charge < -0.3 is 4.74 Å². The summed E-state index contributed by atoms with van der Waals surface area (Å²) in [6.45, 7) is 11.6. The average molecular weight is 414 g/mol. The number of aromatic nitrogens is 3. The molecule has 1 aliphatic heterocycles. The Hall–Kier alpha value is -2.29. The zero-order valence-corrected chi connectivity index (χ0v) is 18.0.